The van der Waals surface area contributed by atoms with Crippen LogP contribution in [0.4, 0.5) is 0 Å². The minimum absolute atomic E-state index is 0.899. The van der Waals surface area contributed by atoms with E-state index in [2.05, 4.69) is 59.8 Å². The maximum absolute atomic E-state index is 2.46. The molecule has 0 heterocycles. The minimum atomic E-state index is -1.88. The third-order valence-corrected chi connectivity index (χ3v) is 15.5. The Morgan fingerprint density at radius 3 is 1.67 bits per heavy atom. The number of hydrogen-bond donors (Lipinski definition) is 0. The Morgan fingerprint density at radius 1 is 0.933 bits per heavy atom. The van der Waals surface area contributed by atoms with Gasteiger partial charge in [0.25, 0.3) is 0 Å². The van der Waals surface area contributed by atoms with Crippen LogP contribution in [0.2, 0.25) is 12.7 Å². The molecule has 1 aliphatic carbocycles. The fourth-order valence-electron chi connectivity index (χ4n) is 3.88. The summed E-state index contributed by atoms with van der Waals surface area (Å²) >= 11 is -1.88. The van der Waals surface area contributed by atoms with Crippen LogP contribution in [0.3, 0.4) is 0 Å². The third-order valence-electron chi connectivity index (χ3n) is 4.19. The molecule has 0 amide bonds. The van der Waals surface area contributed by atoms with Crippen LogP contribution in [-0.4, -0.2) is 0 Å². The molecule has 0 aliphatic heterocycles. The quantitative estimate of drug-likeness (QED) is 0.573. The van der Waals surface area contributed by atoms with Gasteiger partial charge in [0.2, 0.25) is 0 Å². The number of allylic oxidation sites excluding steroid dienone is 4. The summed E-state index contributed by atoms with van der Waals surface area (Å²) in [5.74, 6) is 0. The van der Waals surface area contributed by atoms with Crippen LogP contribution in [0.1, 0.15) is 48.0 Å². The molecule has 0 unspecified atom stereocenters. The Labute approximate surface area is 99.2 Å². The predicted molar refractivity (Wildman–Crippen MR) is 67.1 cm³/mol. The average molecular weight is 242 g/mol. The molecule has 0 aromatic rings. The zero-order chi connectivity index (χ0) is 11.6. The molecule has 0 aromatic carbocycles. The van der Waals surface area contributed by atoms with E-state index in [-0.39, 0.29) is 0 Å². The maximum atomic E-state index is 2.46. The Morgan fingerprint density at radius 2 is 1.40 bits per heavy atom. The van der Waals surface area contributed by atoms with Crippen molar-refractivity contribution >= 4 is 0 Å². The van der Waals surface area contributed by atoms with Gasteiger partial charge in [-0.05, 0) is 0 Å². The molecule has 0 bridgehead atoms. The van der Waals surface area contributed by atoms with Crippen LogP contribution in [0.15, 0.2) is 22.1 Å². The van der Waals surface area contributed by atoms with Crippen LogP contribution >= 0.6 is 0 Å². The fourth-order valence-corrected chi connectivity index (χ4v) is 14.9. The zero-order valence-corrected chi connectivity index (χ0v) is 12.7. The summed E-state index contributed by atoms with van der Waals surface area (Å²) < 4.78 is 4.53. The van der Waals surface area contributed by atoms with E-state index in [4.69, 9.17) is 0 Å². The first-order chi connectivity index (χ1) is 6.94. The van der Waals surface area contributed by atoms with Gasteiger partial charge >= 0.3 is 99.3 Å². The van der Waals surface area contributed by atoms with Crippen LogP contribution in [0.25, 0.3) is 0 Å². The van der Waals surface area contributed by atoms with Crippen molar-refractivity contribution in [2.45, 2.75) is 60.6 Å². The first-order valence-electron chi connectivity index (χ1n) is 6.30. The van der Waals surface area contributed by atoms with Gasteiger partial charge in [-0.3, -0.25) is 0 Å². The normalized spacial score (nSPS) is 17.0. The number of rotatable bonds is 4. The molecular weight excluding hydrogens is 216 g/mol. The van der Waals surface area contributed by atoms with E-state index >= 15 is 0 Å². The molecule has 0 saturated carbocycles. The third kappa shape index (κ3) is 2.17. The van der Waals surface area contributed by atoms with Gasteiger partial charge in [-0.15, -0.1) is 0 Å². The molecule has 0 saturated heterocycles. The standard InChI is InChI=1S/C5H5.3C3H7.Ti/c1-2-4-5-3-1;3*1-3-2;/h1-3H,4H2;3*3H,1-2H3;. The summed E-state index contributed by atoms with van der Waals surface area (Å²) in [6.07, 6.45) is 8.28. The summed E-state index contributed by atoms with van der Waals surface area (Å²) in [4.78, 5) is 0. The van der Waals surface area contributed by atoms with Crippen LogP contribution < -0.4 is 0 Å². The van der Waals surface area contributed by atoms with Crippen molar-refractivity contribution < 1.29 is 16.6 Å². The fraction of sp³-hybridized carbons (Fsp3) is 0.714. The molecule has 0 radical (unpaired) electrons. The van der Waals surface area contributed by atoms with Gasteiger partial charge in [0.1, 0.15) is 0 Å². The zero-order valence-electron chi connectivity index (χ0n) is 11.2. The second-order valence-electron chi connectivity index (χ2n) is 5.72. The first kappa shape index (κ1) is 13.3. The molecule has 0 spiro atoms. The van der Waals surface area contributed by atoms with Gasteiger partial charge in [0.15, 0.2) is 0 Å². The number of hydrogen-bond acceptors (Lipinski definition) is 0. The van der Waals surface area contributed by atoms with E-state index in [1.165, 1.54) is 6.42 Å². The van der Waals surface area contributed by atoms with E-state index in [1.54, 1.807) is 0 Å². The second-order valence-corrected chi connectivity index (χ2v) is 15.0. The van der Waals surface area contributed by atoms with Gasteiger partial charge in [-0.25, -0.2) is 0 Å². The second kappa shape index (κ2) is 5.02. The molecule has 0 aromatic heterocycles. The Hall–Kier alpha value is 0.194. The van der Waals surface area contributed by atoms with Crippen molar-refractivity contribution in [2.75, 3.05) is 0 Å². The molecule has 0 nitrogen and oxygen atoms in total. The van der Waals surface area contributed by atoms with Crippen molar-refractivity contribution in [1.29, 1.82) is 0 Å². The first-order valence-corrected chi connectivity index (χ1v) is 9.78. The molecule has 0 N–H and O–H groups in total. The van der Waals surface area contributed by atoms with Crippen molar-refractivity contribution in [3.63, 3.8) is 0 Å². The molecule has 86 valence electrons. The monoisotopic (exact) mass is 242 g/mol. The molecule has 1 aliphatic rings. The van der Waals surface area contributed by atoms with Crippen LogP contribution in [0, 0.1) is 0 Å². The van der Waals surface area contributed by atoms with E-state index in [9.17, 15) is 0 Å². The molecule has 1 heteroatoms. The summed E-state index contributed by atoms with van der Waals surface area (Å²) in [6, 6.07) is 0. The predicted octanol–water partition coefficient (Wildman–Crippen LogP) is 5.47. The van der Waals surface area contributed by atoms with Crippen molar-refractivity contribution in [2.24, 2.45) is 0 Å². The van der Waals surface area contributed by atoms with Gasteiger partial charge in [0.05, 0.1) is 0 Å². The van der Waals surface area contributed by atoms with E-state index in [0.29, 0.717) is 0 Å². The van der Waals surface area contributed by atoms with Gasteiger partial charge in [-0.2, -0.15) is 0 Å². The van der Waals surface area contributed by atoms with Crippen molar-refractivity contribution in [3.05, 3.63) is 22.1 Å². The van der Waals surface area contributed by atoms with Gasteiger partial charge in [-0.1, -0.05) is 0 Å². The molecule has 1 rings (SSSR count). The Balaban J connectivity index is 3.14. The summed E-state index contributed by atoms with van der Waals surface area (Å²) in [7, 11) is 0. The topological polar surface area (TPSA) is 0 Å². The van der Waals surface area contributed by atoms with Crippen LogP contribution in [-0.2, 0) is 16.6 Å². The van der Waals surface area contributed by atoms with Crippen LogP contribution in [0.5, 0.6) is 0 Å². The summed E-state index contributed by atoms with van der Waals surface area (Å²) in [5, 5.41) is 0. The summed E-state index contributed by atoms with van der Waals surface area (Å²) in [6.45, 7) is 14.7. The Bertz CT molecular complexity index is 247. The van der Waals surface area contributed by atoms with E-state index in [1.807, 2.05) is 3.88 Å². The SMILES string of the molecule is C[CH](C)[Ti]([C]1=CC=CC1)([CH](C)C)[CH](C)C. The van der Waals surface area contributed by atoms with E-state index < -0.39 is 16.6 Å². The molecule has 0 fully saturated rings. The van der Waals surface area contributed by atoms with Gasteiger partial charge < -0.3 is 0 Å². The molecule has 0 atom stereocenters. The average Bonchev–Trinajstić information content (AvgIpc) is 2.55. The van der Waals surface area contributed by atoms with Crippen molar-refractivity contribution in [1.82, 2.24) is 0 Å². The molecule has 15 heavy (non-hydrogen) atoms. The van der Waals surface area contributed by atoms with Crippen molar-refractivity contribution in [3.8, 4) is 0 Å². The van der Waals surface area contributed by atoms with E-state index in [0.717, 1.165) is 12.7 Å². The molecular formula is C14H26Ti. The summed E-state index contributed by atoms with van der Waals surface area (Å²) in [5.41, 5.74) is 0. The Kier molecular flexibility index (Phi) is 4.43. The van der Waals surface area contributed by atoms with Gasteiger partial charge in [0, 0.05) is 0 Å².